The Morgan fingerprint density at radius 2 is 2.07 bits per heavy atom. The summed E-state index contributed by atoms with van der Waals surface area (Å²) in [7, 11) is 0. The number of likely N-dealkylation sites (tertiary alicyclic amines) is 1. The second kappa shape index (κ2) is 7.75. The van der Waals surface area contributed by atoms with Crippen molar-refractivity contribution in [2.24, 2.45) is 0 Å². The zero-order valence-corrected chi connectivity index (χ0v) is 15.1. The molecule has 1 fully saturated rings. The van der Waals surface area contributed by atoms with Crippen LogP contribution in [-0.4, -0.2) is 48.6 Å². The SMILES string of the molecule is O=C(O)Cn1ccc([C@H]2CCCN(Cc3ccccc3-n3cccn3)C2)n1. The van der Waals surface area contributed by atoms with Gasteiger partial charge in [-0.05, 0) is 43.1 Å². The summed E-state index contributed by atoms with van der Waals surface area (Å²) < 4.78 is 3.41. The standard InChI is InChI=1S/C20H23N5O2/c26-20(27)15-24-12-8-18(22-24)16-6-3-10-23(13-16)14-17-5-1-2-7-19(17)25-11-4-9-21-25/h1-2,4-5,7-9,11-12,16H,3,6,10,13-15H2,(H,26,27)/t16-/m0/s1. The maximum absolute atomic E-state index is 10.9. The van der Waals surface area contributed by atoms with E-state index in [0.717, 1.165) is 43.9 Å². The molecule has 1 saturated heterocycles. The van der Waals surface area contributed by atoms with Gasteiger partial charge in [0.25, 0.3) is 0 Å². The molecule has 1 atom stereocenters. The third kappa shape index (κ3) is 4.09. The number of aromatic nitrogens is 4. The molecule has 140 valence electrons. The summed E-state index contributed by atoms with van der Waals surface area (Å²) in [6.07, 6.45) is 7.71. The molecule has 0 radical (unpaired) electrons. The highest BCUT2D eigenvalue weighted by molar-refractivity contribution is 5.66. The highest BCUT2D eigenvalue weighted by Gasteiger charge is 2.24. The van der Waals surface area contributed by atoms with Gasteiger partial charge < -0.3 is 5.11 Å². The van der Waals surface area contributed by atoms with Crippen molar-refractivity contribution in [1.82, 2.24) is 24.5 Å². The number of para-hydroxylation sites is 1. The first-order valence-electron chi connectivity index (χ1n) is 9.24. The number of nitrogens with zero attached hydrogens (tertiary/aromatic N) is 5. The Kier molecular flexibility index (Phi) is 5.02. The van der Waals surface area contributed by atoms with E-state index in [1.54, 1.807) is 12.4 Å². The number of carboxylic acid groups (broad SMARTS) is 1. The lowest BCUT2D eigenvalue weighted by atomic mass is 9.94. The van der Waals surface area contributed by atoms with Crippen LogP contribution in [0.4, 0.5) is 0 Å². The van der Waals surface area contributed by atoms with Crippen LogP contribution in [0, 0.1) is 0 Å². The van der Waals surface area contributed by atoms with Crippen molar-refractivity contribution >= 4 is 5.97 Å². The van der Waals surface area contributed by atoms with Gasteiger partial charge in [0, 0.05) is 37.6 Å². The Bertz CT molecular complexity index is 903. The smallest absolute Gasteiger partial charge is 0.325 e. The van der Waals surface area contributed by atoms with Gasteiger partial charge in [-0.25, -0.2) is 4.68 Å². The molecule has 1 aliphatic rings. The molecule has 27 heavy (non-hydrogen) atoms. The van der Waals surface area contributed by atoms with Crippen molar-refractivity contribution in [3.63, 3.8) is 0 Å². The van der Waals surface area contributed by atoms with Crippen LogP contribution in [0.3, 0.4) is 0 Å². The fourth-order valence-corrected chi connectivity index (χ4v) is 3.78. The molecule has 1 aliphatic heterocycles. The van der Waals surface area contributed by atoms with Gasteiger partial charge in [-0.2, -0.15) is 10.2 Å². The van der Waals surface area contributed by atoms with Crippen LogP contribution in [0.2, 0.25) is 0 Å². The van der Waals surface area contributed by atoms with Gasteiger partial charge in [0.05, 0.1) is 11.4 Å². The van der Waals surface area contributed by atoms with Crippen molar-refractivity contribution in [2.45, 2.75) is 31.8 Å². The third-order valence-electron chi connectivity index (χ3n) is 5.02. The largest absolute Gasteiger partial charge is 0.480 e. The Labute approximate surface area is 157 Å². The summed E-state index contributed by atoms with van der Waals surface area (Å²) in [4.78, 5) is 13.3. The predicted molar refractivity (Wildman–Crippen MR) is 101 cm³/mol. The third-order valence-corrected chi connectivity index (χ3v) is 5.02. The average molecular weight is 365 g/mol. The molecule has 3 heterocycles. The molecular weight excluding hydrogens is 342 g/mol. The summed E-state index contributed by atoms with van der Waals surface area (Å²) in [5.41, 5.74) is 3.34. The first-order valence-corrected chi connectivity index (χ1v) is 9.24. The lowest BCUT2D eigenvalue weighted by molar-refractivity contribution is -0.137. The molecule has 0 aliphatic carbocycles. The summed E-state index contributed by atoms with van der Waals surface area (Å²) in [5, 5.41) is 17.8. The molecule has 0 spiro atoms. The normalized spacial score (nSPS) is 17.9. The number of carbonyl (C=O) groups is 1. The number of hydrogen-bond donors (Lipinski definition) is 1. The minimum absolute atomic E-state index is 0.0896. The van der Waals surface area contributed by atoms with E-state index < -0.39 is 5.97 Å². The van der Waals surface area contributed by atoms with Gasteiger partial charge in [-0.15, -0.1) is 0 Å². The van der Waals surface area contributed by atoms with Gasteiger partial charge >= 0.3 is 5.97 Å². The zero-order valence-electron chi connectivity index (χ0n) is 15.1. The molecule has 4 rings (SSSR count). The number of hydrogen-bond acceptors (Lipinski definition) is 4. The van der Waals surface area contributed by atoms with E-state index in [9.17, 15) is 4.79 Å². The Morgan fingerprint density at radius 3 is 2.89 bits per heavy atom. The molecular formula is C20H23N5O2. The van der Waals surface area contributed by atoms with E-state index in [2.05, 4.69) is 33.3 Å². The van der Waals surface area contributed by atoms with E-state index in [1.165, 1.54) is 10.2 Å². The molecule has 0 saturated carbocycles. The van der Waals surface area contributed by atoms with Crippen molar-refractivity contribution < 1.29 is 9.90 Å². The van der Waals surface area contributed by atoms with Crippen LogP contribution in [0.25, 0.3) is 5.69 Å². The molecule has 0 unspecified atom stereocenters. The highest BCUT2D eigenvalue weighted by Crippen LogP contribution is 2.27. The topological polar surface area (TPSA) is 76.2 Å². The first-order chi connectivity index (χ1) is 13.2. The van der Waals surface area contributed by atoms with Crippen molar-refractivity contribution in [1.29, 1.82) is 0 Å². The molecule has 0 bridgehead atoms. The van der Waals surface area contributed by atoms with Crippen LogP contribution < -0.4 is 0 Å². The zero-order chi connectivity index (χ0) is 18.6. The summed E-state index contributed by atoms with van der Waals surface area (Å²) in [5.74, 6) is -0.532. The maximum atomic E-state index is 10.9. The lowest BCUT2D eigenvalue weighted by Gasteiger charge is -2.32. The van der Waals surface area contributed by atoms with Crippen LogP contribution >= 0.6 is 0 Å². The summed E-state index contributed by atoms with van der Waals surface area (Å²) in [6.45, 7) is 2.76. The molecule has 0 amide bonds. The molecule has 2 aromatic heterocycles. The van der Waals surface area contributed by atoms with Gasteiger partial charge in [0.2, 0.25) is 0 Å². The Hall–Kier alpha value is -2.93. The minimum Gasteiger partial charge on any atom is -0.480 e. The van der Waals surface area contributed by atoms with Crippen molar-refractivity contribution in [2.75, 3.05) is 13.1 Å². The van der Waals surface area contributed by atoms with Crippen LogP contribution in [0.1, 0.15) is 30.0 Å². The molecule has 3 aromatic rings. The Morgan fingerprint density at radius 1 is 1.19 bits per heavy atom. The van der Waals surface area contributed by atoms with Crippen LogP contribution in [-0.2, 0) is 17.9 Å². The van der Waals surface area contributed by atoms with E-state index in [1.807, 2.05) is 29.1 Å². The molecule has 7 nitrogen and oxygen atoms in total. The fraction of sp³-hybridized carbons (Fsp3) is 0.350. The monoisotopic (exact) mass is 365 g/mol. The van der Waals surface area contributed by atoms with Crippen molar-refractivity contribution in [3.05, 3.63) is 66.2 Å². The van der Waals surface area contributed by atoms with Gasteiger partial charge in [0.15, 0.2) is 0 Å². The quantitative estimate of drug-likeness (QED) is 0.726. The van der Waals surface area contributed by atoms with Crippen molar-refractivity contribution in [3.8, 4) is 5.69 Å². The number of aliphatic carboxylic acids is 1. The molecule has 1 N–H and O–H groups in total. The van der Waals surface area contributed by atoms with E-state index in [0.29, 0.717) is 5.92 Å². The van der Waals surface area contributed by atoms with E-state index in [-0.39, 0.29) is 6.54 Å². The number of benzene rings is 1. The van der Waals surface area contributed by atoms with Crippen LogP contribution in [0.5, 0.6) is 0 Å². The minimum atomic E-state index is -0.870. The molecule has 1 aromatic carbocycles. The second-order valence-corrected chi connectivity index (χ2v) is 6.99. The summed E-state index contributed by atoms with van der Waals surface area (Å²) >= 11 is 0. The molecule has 7 heteroatoms. The highest BCUT2D eigenvalue weighted by atomic mass is 16.4. The number of carboxylic acids is 1. The number of rotatable bonds is 6. The second-order valence-electron chi connectivity index (χ2n) is 6.99. The van der Waals surface area contributed by atoms with Gasteiger partial charge in [0.1, 0.15) is 6.54 Å². The first kappa shape index (κ1) is 17.5. The Balaban J connectivity index is 1.47. The fourth-order valence-electron chi connectivity index (χ4n) is 3.78. The average Bonchev–Trinajstić information content (AvgIpc) is 3.34. The van der Waals surface area contributed by atoms with E-state index >= 15 is 0 Å². The van der Waals surface area contributed by atoms with Gasteiger partial charge in [-0.1, -0.05) is 18.2 Å². The number of piperidine rings is 1. The maximum Gasteiger partial charge on any atom is 0.325 e. The van der Waals surface area contributed by atoms with Gasteiger partial charge in [-0.3, -0.25) is 14.4 Å². The van der Waals surface area contributed by atoms with E-state index in [4.69, 9.17) is 5.11 Å². The van der Waals surface area contributed by atoms with Crippen LogP contribution in [0.15, 0.2) is 55.0 Å². The lowest BCUT2D eigenvalue weighted by Crippen LogP contribution is -2.34. The predicted octanol–water partition coefficient (Wildman–Crippen LogP) is 2.53. The summed E-state index contributed by atoms with van der Waals surface area (Å²) in [6, 6.07) is 12.2.